The summed E-state index contributed by atoms with van der Waals surface area (Å²) >= 11 is -2.45. The van der Waals surface area contributed by atoms with E-state index in [9.17, 15) is 24.7 Å². The zero-order chi connectivity index (χ0) is 91.5. The summed E-state index contributed by atoms with van der Waals surface area (Å²) < 4.78 is 226. The van der Waals surface area contributed by atoms with Gasteiger partial charge in [0, 0.05) is 0 Å². The number of anilines is 6. The molecule has 20 rings (SSSR count). The number of aromatic nitrogens is 2. The Morgan fingerprint density at radius 3 is 1.03 bits per heavy atom. The van der Waals surface area contributed by atoms with Gasteiger partial charge < -0.3 is 0 Å². The van der Waals surface area contributed by atoms with Crippen LogP contribution >= 0.6 is 0 Å². The van der Waals surface area contributed by atoms with Crippen molar-refractivity contribution in [3.63, 3.8) is 0 Å². The average molecular weight is 1530 g/mol. The minimum absolute atomic E-state index is 0.00549. The molecule has 0 bridgehead atoms. The maximum absolute atomic E-state index is 12.0. The van der Waals surface area contributed by atoms with Crippen molar-refractivity contribution in [2.45, 2.75) is 78.6 Å². The zero-order valence-electron chi connectivity index (χ0n) is 82.0. The van der Waals surface area contributed by atoms with E-state index in [4.69, 9.17) is 5.48 Å². The third-order valence-corrected chi connectivity index (χ3v) is 25.7. The van der Waals surface area contributed by atoms with Crippen LogP contribution < -0.4 is 26.2 Å². The molecule has 18 aromatic rings. The first-order chi connectivity index (χ1) is 61.2. The van der Waals surface area contributed by atoms with Crippen molar-refractivity contribution in [2.75, 3.05) is 9.80 Å². The molecule has 0 atom stereocenters. The summed E-state index contributed by atoms with van der Waals surface area (Å²) in [5.41, 5.74) is 8.40. The molecule has 4 nitrogen and oxygen atoms in total. The van der Waals surface area contributed by atoms with Gasteiger partial charge in [-0.1, -0.05) is 20.8 Å². The monoisotopic (exact) mass is 1530 g/mol. The van der Waals surface area contributed by atoms with Crippen LogP contribution in [-0.4, -0.2) is 44.9 Å². The van der Waals surface area contributed by atoms with Crippen molar-refractivity contribution in [2.24, 2.45) is 0 Å². The summed E-state index contributed by atoms with van der Waals surface area (Å²) in [7, 11) is 0. The van der Waals surface area contributed by atoms with E-state index in [2.05, 4.69) is 98.7 Å². The molecular formula is C100H79BN4Se2. The fourth-order valence-electron chi connectivity index (χ4n) is 15.8. The van der Waals surface area contributed by atoms with E-state index in [0.29, 0.717) is 83.8 Å². The number of nitrogens with zero attached hydrogens (tertiary/aromatic N) is 4. The molecular weight excluding hydrogens is 1430 g/mol. The Morgan fingerprint density at radius 2 is 0.664 bits per heavy atom. The summed E-state index contributed by atoms with van der Waals surface area (Å²) in [4.78, 5) is 3.94. The number of para-hydroxylation sites is 2. The predicted octanol–water partition coefficient (Wildman–Crippen LogP) is 24.6. The van der Waals surface area contributed by atoms with Gasteiger partial charge in [-0.2, -0.15) is 0 Å². The van der Waals surface area contributed by atoms with Crippen LogP contribution in [-0.2, 0) is 16.2 Å². The van der Waals surface area contributed by atoms with Crippen LogP contribution in [0.5, 0.6) is 0 Å². The Bertz CT molecular complexity index is 7450. The van der Waals surface area contributed by atoms with Gasteiger partial charge in [-0.25, -0.2) is 0 Å². The average Bonchev–Trinajstić information content (AvgIpc) is 1.66. The Hall–Kier alpha value is -11.1. The second-order valence-electron chi connectivity index (χ2n) is 30.7. The summed E-state index contributed by atoms with van der Waals surface area (Å²) in [5, 5.41) is -0.180. The van der Waals surface area contributed by atoms with E-state index in [1.165, 1.54) is 9.13 Å². The van der Waals surface area contributed by atoms with Gasteiger partial charge in [-0.05, 0) is 11.0 Å². The number of hydrogen-bond acceptors (Lipinski definition) is 2. The first kappa shape index (κ1) is 46.1. The van der Waals surface area contributed by atoms with Crippen LogP contribution in [0.3, 0.4) is 0 Å². The first-order valence-corrected chi connectivity index (χ1v) is 39.2. The fourth-order valence-corrected chi connectivity index (χ4v) is 20.6. The van der Waals surface area contributed by atoms with E-state index < -0.39 is 167 Å². The standard InChI is InChI=1S/C100H79BN4Se2/c1-98(2,3)68-48-46-62(47-49-68)67-54-87-93-88(55-67)105(95-79(65-34-18-12-19-35-65)58-70(100(7,8)9)59-80(95)66-36-20-13-21-37-66)86-61-72(103-84-43-27-23-39-74(84)92-76-41-25-29-45-90(76)107-97(92)103)51-53-82(86)101(93)81-52-50-71(102-83-42-26-22-38-73(83)91-75-40-24-28-44-89(75)106-96(91)102)60-85(81)104(87)94-77(63-30-14-10-15-31-63)56-69(99(4,5)6)57-78(94)64-32-16-11-17-33-64/h10-61H,1-9H3/i22D,23D,24D,25D,26D,27D,28D,29D,38D,39D,40D,41D,42D,43D,44D,45D,50D,51D,52D,53D,60D,61D. The Kier molecular flexibility index (Phi) is 10.6. The molecule has 0 fully saturated rings. The maximum atomic E-state index is 12.0. The molecule has 0 unspecified atom stereocenters. The fraction of sp³-hybridized carbons (Fsp3) is 0.120. The predicted molar refractivity (Wildman–Crippen MR) is 461 cm³/mol. The van der Waals surface area contributed by atoms with Crippen molar-refractivity contribution in [3.05, 3.63) is 332 Å². The van der Waals surface area contributed by atoms with Crippen LogP contribution in [0.2, 0.25) is 0 Å². The molecule has 514 valence electrons. The summed E-state index contributed by atoms with van der Waals surface area (Å²) in [5.74, 6) is 0. The number of hydrogen-bond donors (Lipinski definition) is 0. The van der Waals surface area contributed by atoms with E-state index >= 15 is 0 Å². The number of rotatable bonds is 9. The Morgan fingerprint density at radius 1 is 0.318 bits per heavy atom. The van der Waals surface area contributed by atoms with Crippen molar-refractivity contribution in [1.29, 1.82) is 0 Å². The molecule has 0 N–H and O–H groups in total. The molecule has 0 amide bonds. The third kappa shape index (κ3) is 10.5. The normalized spacial score (nSPS) is 15.9. The first-order valence-electron chi connectivity index (χ1n) is 46.8. The zero-order valence-corrected chi connectivity index (χ0v) is 63.4. The second kappa shape index (κ2) is 24.7. The molecule has 0 aliphatic carbocycles. The van der Waals surface area contributed by atoms with Gasteiger partial charge in [0.05, 0.1) is 0 Å². The van der Waals surface area contributed by atoms with Crippen molar-refractivity contribution < 1.29 is 30.2 Å². The molecule has 107 heavy (non-hydrogen) atoms. The number of fused-ring (bicyclic) bond motifs is 14. The van der Waals surface area contributed by atoms with E-state index in [-0.39, 0.29) is 112 Å². The molecule has 7 heteroatoms. The third-order valence-electron chi connectivity index (χ3n) is 21.1. The van der Waals surface area contributed by atoms with E-state index in [0.717, 1.165) is 16.7 Å². The van der Waals surface area contributed by atoms with Crippen molar-refractivity contribution >= 4 is 147 Å². The molecule has 14 aromatic carbocycles. The van der Waals surface area contributed by atoms with Gasteiger partial charge >= 0.3 is 641 Å². The molecule has 0 spiro atoms. The van der Waals surface area contributed by atoms with Crippen molar-refractivity contribution in [3.8, 4) is 67.0 Å². The van der Waals surface area contributed by atoms with Gasteiger partial charge in [0.2, 0.25) is 0 Å². The quantitative estimate of drug-likeness (QED) is 0.134. The van der Waals surface area contributed by atoms with Crippen LogP contribution in [0.1, 0.15) is 109 Å². The molecule has 0 saturated carbocycles. The second-order valence-corrected chi connectivity index (χ2v) is 34.9. The van der Waals surface area contributed by atoms with E-state index in [1.54, 1.807) is 0 Å². The number of benzene rings is 14. The van der Waals surface area contributed by atoms with Crippen molar-refractivity contribution in [1.82, 2.24) is 9.13 Å². The van der Waals surface area contributed by atoms with Crippen LogP contribution in [0.15, 0.2) is 315 Å². The van der Waals surface area contributed by atoms with Gasteiger partial charge in [-0.15, -0.1) is 0 Å². The van der Waals surface area contributed by atoms with Crippen LogP contribution in [0.4, 0.5) is 34.1 Å². The van der Waals surface area contributed by atoms with Gasteiger partial charge in [0.25, 0.3) is 0 Å². The van der Waals surface area contributed by atoms with Gasteiger partial charge in [-0.3, -0.25) is 0 Å². The SMILES string of the molecule is [2H]c1c([2H])c(-n2c3[se]c4c([2H])c([2H])c([2H])c([2H])c4c3c3c([2H])c([2H])c([2H])c([2H])c32)c([2H])c2c1B1c3c(cc(-c4ccc(C(C)(C)C)cc4)cc3N(c3c(-c4ccccc4)cc(C(C)(C)C)cc3-c3ccccc3)c3c([2H])c(-n4c5[se]c6c([2H])c([2H])c([2H])c([2H])c6c5c5c([2H])c([2H])c([2H])c([2H])c54)c([2H])c([2H])c31)N2c1c(-c2ccccc2)cc(C(C)(C)C)cc1-c1ccccc1. The van der Waals surface area contributed by atoms with Crippen LogP contribution in [0.25, 0.3) is 128 Å². The summed E-state index contributed by atoms with van der Waals surface area (Å²) in [6.45, 7) is 17.5. The Balaban J connectivity index is 1.07. The molecule has 6 heterocycles. The van der Waals surface area contributed by atoms with E-state index in [1.807, 2.05) is 155 Å². The molecule has 2 aliphatic rings. The molecule has 0 radical (unpaired) electrons. The summed E-state index contributed by atoms with van der Waals surface area (Å²) in [6, 6.07) is 47.5. The Labute approximate surface area is 669 Å². The minimum atomic E-state index is -1.60. The summed E-state index contributed by atoms with van der Waals surface area (Å²) in [6.07, 6.45) is 0. The van der Waals surface area contributed by atoms with Gasteiger partial charge in [0.15, 0.2) is 0 Å². The molecule has 0 saturated heterocycles. The van der Waals surface area contributed by atoms with Gasteiger partial charge in [0.1, 0.15) is 0 Å². The molecule has 2 aliphatic heterocycles. The molecule has 4 aromatic heterocycles. The van der Waals surface area contributed by atoms with Crippen LogP contribution in [0, 0.1) is 0 Å². The topological polar surface area (TPSA) is 16.3 Å².